The van der Waals surface area contributed by atoms with Crippen LogP contribution in [-0.2, 0) is 19.1 Å². The molecule has 1 heterocycles. The number of carbonyl (C=O) groups excluding carboxylic acids is 2. The Bertz CT molecular complexity index is 420. The monoisotopic (exact) mass is 356 g/mol. The lowest BCUT2D eigenvalue weighted by Crippen LogP contribution is -2.48. The molecule has 0 spiro atoms. The molecule has 1 fully saturated rings. The molecule has 1 aliphatic rings. The fourth-order valence-electron chi connectivity index (χ4n) is 3.01. The van der Waals surface area contributed by atoms with Crippen LogP contribution in [0.1, 0.15) is 57.8 Å². The quantitative estimate of drug-likeness (QED) is 0.424. The minimum absolute atomic E-state index is 0.0472. The molecule has 7 nitrogen and oxygen atoms in total. The van der Waals surface area contributed by atoms with Gasteiger partial charge in [0.05, 0.1) is 13.5 Å². The number of nitrogens with zero attached hydrogens (tertiary/aromatic N) is 2. The van der Waals surface area contributed by atoms with Gasteiger partial charge < -0.3 is 14.7 Å². The van der Waals surface area contributed by atoms with Gasteiger partial charge in [0.15, 0.2) is 0 Å². The summed E-state index contributed by atoms with van der Waals surface area (Å²) in [5.74, 6) is -1.09. The van der Waals surface area contributed by atoms with Crippen molar-refractivity contribution in [3.05, 3.63) is 0 Å². The van der Waals surface area contributed by atoms with Crippen molar-refractivity contribution in [1.82, 2.24) is 9.80 Å². The Labute approximate surface area is 150 Å². The zero-order chi connectivity index (χ0) is 18.5. The predicted octanol–water partition coefficient (Wildman–Crippen LogP) is 1.90. The van der Waals surface area contributed by atoms with Crippen LogP contribution in [0.4, 0.5) is 0 Å². The van der Waals surface area contributed by atoms with Crippen LogP contribution in [-0.4, -0.2) is 72.6 Å². The minimum Gasteiger partial charge on any atom is -0.481 e. The van der Waals surface area contributed by atoms with E-state index in [1.54, 1.807) is 4.90 Å². The molecule has 1 aliphatic heterocycles. The SMILES string of the molecule is COC(=O)CCCCCCCCN1CCN(C(=O)CCC(=O)O)CC1. The third kappa shape index (κ3) is 10.1. The van der Waals surface area contributed by atoms with E-state index < -0.39 is 5.97 Å². The number of carboxylic acids is 1. The first kappa shape index (κ1) is 21.4. The van der Waals surface area contributed by atoms with E-state index in [0.29, 0.717) is 19.5 Å². The van der Waals surface area contributed by atoms with Gasteiger partial charge in [0.2, 0.25) is 5.91 Å². The maximum absolute atomic E-state index is 11.9. The summed E-state index contributed by atoms with van der Waals surface area (Å²) < 4.78 is 4.61. The minimum atomic E-state index is -0.919. The Morgan fingerprint density at radius 1 is 0.840 bits per heavy atom. The standard InChI is InChI=1S/C18H32N2O5/c1-25-18(24)8-6-4-2-3-5-7-11-19-12-14-20(15-13-19)16(21)9-10-17(22)23/h2-15H2,1H3,(H,22,23). The van der Waals surface area contributed by atoms with Gasteiger partial charge >= 0.3 is 11.9 Å². The lowest BCUT2D eigenvalue weighted by Gasteiger charge is -2.34. The summed E-state index contributed by atoms with van der Waals surface area (Å²) in [6.07, 6.45) is 7.21. The van der Waals surface area contributed by atoms with Crippen molar-refractivity contribution in [3.8, 4) is 0 Å². The van der Waals surface area contributed by atoms with Gasteiger partial charge in [-0.15, -0.1) is 0 Å². The Morgan fingerprint density at radius 3 is 2.04 bits per heavy atom. The third-order valence-corrected chi connectivity index (χ3v) is 4.61. The molecule has 144 valence electrons. The molecule has 0 saturated carbocycles. The Morgan fingerprint density at radius 2 is 1.44 bits per heavy atom. The van der Waals surface area contributed by atoms with E-state index in [4.69, 9.17) is 5.11 Å². The number of hydrogen-bond acceptors (Lipinski definition) is 5. The fraction of sp³-hybridized carbons (Fsp3) is 0.833. The molecule has 1 N–H and O–H groups in total. The van der Waals surface area contributed by atoms with Crippen molar-refractivity contribution >= 4 is 17.8 Å². The van der Waals surface area contributed by atoms with Gasteiger partial charge in [-0.05, 0) is 19.4 Å². The van der Waals surface area contributed by atoms with E-state index in [-0.39, 0.29) is 24.7 Å². The van der Waals surface area contributed by atoms with Crippen molar-refractivity contribution in [3.63, 3.8) is 0 Å². The highest BCUT2D eigenvalue weighted by atomic mass is 16.5. The van der Waals surface area contributed by atoms with Gasteiger partial charge in [0.1, 0.15) is 0 Å². The number of methoxy groups -OCH3 is 1. The average molecular weight is 356 g/mol. The second kappa shape index (κ2) is 12.7. The Balaban J connectivity index is 1.97. The van der Waals surface area contributed by atoms with Gasteiger partial charge in [-0.3, -0.25) is 19.3 Å². The highest BCUT2D eigenvalue weighted by Gasteiger charge is 2.20. The van der Waals surface area contributed by atoms with E-state index in [0.717, 1.165) is 45.3 Å². The fourth-order valence-corrected chi connectivity index (χ4v) is 3.01. The summed E-state index contributed by atoms with van der Waals surface area (Å²) in [6.45, 7) is 4.20. The molecular weight excluding hydrogens is 324 g/mol. The molecule has 0 unspecified atom stereocenters. The number of unbranched alkanes of at least 4 members (excludes halogenated alkanes) is 5. The number of piperazine rings is 1. The summed E-state index contributed by atoms with van der Waals surface area (Å²) in [5.41, 5.74) is 0. The molecule has 7 heteroatoms. The van der Waals surface area contributed by atoms with Crippen molar-refractivity contribution in [2.24, 2.45) is 0 Å². The third-order valence-electron chi connectivity index (χ3n) is 4.61. The lowest BCUT2D eigenvalue weighted by atomic mass is 10.1. The van der Waals surface area contributed by atoms with Gasteiger partial charge in [0.25, 0.3) is 0 Å². The molecule has 0 aromatic carbocycles. The van der Waals surface area contributed by atoms with E-state index >= 15 is 0 Å². The summed E-state index contributed by atoms with van der Waals surface area (Å²) in [7, 11) is 1.42. The van der Waals surface area contributed by atoms with Crippen molar-refractivity contribution in [2.75, 3.05) is 39.8 Å². The van der Waals surface area contributed by atoms with Gasteiger partial charge in [-0.25, -0.2) is 0 Å². The molecule has 25 heavy (non-hydrogen) atoms. The molecule has 0 radical (unpaired) electrons. The highest BCUT2D eigenvalue weighted by molar-refractivity contribution is 5.80. The second-order valence-electron chi connectivity index (χ2n) is 6.56. The van der Waals surface area contributed by atoms with Crippen LogP contribution >= 0.6 is 0 Å². The number of carboxylic acid groups (broad SMARTS) is 1. The van der Waals surface area contributed by atoms with E-state index in [1.807, 2.05) is 0 Å². The van der Waals surface area contributed by atoms with Crippen LogP contribution in [0.2, 0.25) is 0 Å². The van der Waals surface area contributed by atoms with E-state index in [9.17, 15) is 14.4 Å². The Hall–Kier alpha value is -1.63. The van der Waals surface area contributed by atoms with Crippen LogP contribution in [0.3, 0.4) is 0 Å². The first-order valence-electron chi connectivity index (χ1n) is 9.31. The van der Waals surface area contributed by atoms with Gasteiger partial charge in [-0.1, -0.05) is 25.7 Å². The van der Waals surface area contributed by atoms with E-state index in [2.05, 4.69) is 9.64 Å². The number of amides is 1. The number of carbonyl (C=O) groups is 3. The molecule has 1 amide bonds. The van der Waals surface area contributed by atoms with Crippen LogP contribution in [0, 0.1) is 0 Å². The number of ether oxygens (including phenoxy) is 1. The number of esters is 1. The van der Waals surface area contributed by atoms with Crippen LogP contribution < -0.4 is 0 Å². The normalized spacial score (nSPS) is 15.2. The average Bonchev–Trinajstić information content (AvgIpc) is 2.62. The lowest BCUT2D eigenvalue weighted by molar-refractivity contribution is -0.141. The van der Waals surface area contributed by atoms with Crippen LogP contribution in [0.5, 0.6) is 0 Å². The zero-order valence-electron chi connectivity index (χ0n) is 15.4. The van der Waals surface area contributed by atoms with Crippen LogP contribution in [0.15, 0.2) is 0 Å². The first-order valence-corrected chi connectivity index (χ1v) is 9.31. The molecular formula is C18H32N2O5. The second-order valence-corrected chi connectivity index (χ2v) is 6.56. The predicted molar refractivity (Wildman–Crippen MR) is 94.2 cm³/mol. The summed E-state index contributed by atoms with van der Waals surface area (Å²) in [5, 5.41) is 8.63. The largest absolute Gasteiger partial charge is 0.481 e. The van der Waals surface area contributed by atoms with E-state index in [1.165, 1.54) is 20.0 Å². The smallest absolute Gasteiger partial charge is 0.305 e. The molecule has 0 atom stereocenters. The molecule has 0 aromatic rings. The summed E-state index contributed by atoms with van der Waals surface area (Å²) in [4.78, 5) is 37.5. The topological polar surface area (TPSA) is 87.2 Å². The first-order chi connectivity index (χ1) is 12.0. The zero-order valence-corrected chi connectivity index (χ0v) is 15.4. The number of aliphatic carboxylic acids is 1. The highest BCUT2D eigenvalue weighted by Crippen LogP contribution is 2.10. The van der Waals surface area contributed by atoms with Gasteiger partial charge in [0, 0.05) is 39.0 Å². The number of rotatable bonds is 12. The summed E-state index contributed by atoms with van der Waals surface area (Å²) in [6, 6.07) is 0. The van der Waals surface area contributed by atoms with Crippen molar-refractivity contribution in [2.45, 2.75) is 57.8 Å². The maximum atomic E-state index is 11.9. The van der Waals surface area contributed by atoms with Crippen molar-refractivity contribution < 1.29 is 24.2 Å². The molecule has 1 rings (SSSR count). The molecule has 0 aromatic heterocycles. The maximum Gasteiger partial charge on any atom is 0.305 e. The number of hydrogen-bond donors (Lipinski definition) is 1. The molecule has 0 aliphatic carbocycles. The van der Waals surface area contributed by atoms with Crippen molar-refractivity contribution in [1.29, 1.82) is 0 Å². The summed E-state index contributed by atoms with van der Waals surface area (Å²) >= 11 is 0. The van der Waals surface area contributed by atoms with Gasteiger partial charge in [-0.2, -0.15) is 0 Å². The Kier molecular flexibility index (Phi) is 10.9. The molecule has 1 saturated heterocycles. The molecule has 0 bridgehead atoms. The van der Waals surface area contributed by atoms with Crippen LogP contribution in [0.25, 0.3) is 0 Å².